The summed E-state index contributed by atoms with van der Waals surface area (Å²) in [5, 5.41) is 0. The molecule has 0 aromatic heterocycles. The number of hydrogen-bond acceptors (Lipinski definition) is 6. The Kier molecular flexibility index (Phi) is 5.75. The monoisotopic (exact) mass is 328 g/mol. The summed E-state index contributed by atoms with van der Waals surface area (Å²) in [6.45, 7) is 3.99. The van der Waals surface area contributed by atoms with Crippen LogP contribution >= 0.6 is 21.6 Å². The molecule has 0 bridgehead atoms. The Labute approximate surface area is 136 Å². The number of isocyanates is 2. The largest absolute Gasteiger partial charge is 0.240 e. The number of carbonyl (C=O) groups excluding carboxylic acids is 2. The van der Waals surface area contributed by atoms with E-state index in [1.807, 2.05) is 38.1 Å². The van der Waals surface area contributed by atoms with Crippen LogP contribution in [0.4, 0.5) is 11.4 Å². The third-order valence-electron chi connectivity index (χ3n) is 3.07. The fraction of sp³-hybridized carbons (Fsp3) is 0.125. The Morgan fingerprint density at radius 3 is 2.27 bits per heavy atom. The van der Waals surface area contributed by atoms with E-state index >= 15 is 0 Å². The van der Waals surface area contributed by atoms with Crippen molar-refractivity contribution in [2.75, 3.05) is 0 Å². The Balaban J connectivity index is 2.34. The number of rotatable bonds is 5. The van der Waals surface area contributed by atoms with Crippen molar-refractivity contribution in [3.8, 4) is 0 Å². The molecule has 0 heterocycles. The first kappa shape index (κ1) is 16.3. The zero-order chi connectivity index (χ0) is 15.9. The van der Waals surface area contributed by atoms with Crippen LogP contribution in [-0.4, -0.2) is 12.2 Å². The van der Waals surface area contributed by atoms with Crippen molar-refractivity contribution in [3.05, 3.63) is 47.5 Å². The van der Waals surface area contributed by atoms with Crippen LogP contribution < -0.4 is 0 Å². The lowest BCUT2D eigenvalue weighted by Gasteiger charge is -2.10. The second-order valence-electron chi connectivity index (χ2n) is 4.40. The summed E-state index contributed by atoms with van der Waals surface area (Å²) in [4.78, 5) is 30.2. The molecule has 0 amide bonds. The molecule has 0 unspecified atom stereocenters. The highest BCUT2D eigenvalue weighted by Crippen LogP contribution is 2.46. The highest BCUT2D eigenvalue weighted by atomic mass is 33.1. The number of para-hydroxylation sites is 1. The Morgan fingerprint density at radius 1 is 0.864 bits per heavy atom. The predicted molar refractivity (Wildman–Crippen MR) is 89.6 cm³/mol. The van der Waals surface area contributed by atoms with E-state index in [0.717, 1.165) is 20.9 Å². The lowest BCUT2D eigenvalue weighted by Crippen LogP contribution is -1.85. The Bertz CT molecular complexity index is 793. The molecule has 0 fully saturated rings. The van der Waals surface area contributed by atoms with E-state index < -0.39 is 0 Å². The summed E-state index contributed by atoms with van der Waals surface area (Å²) in [7, 11) is 2.93. The quantitative estimate of drug-likeness (QED) is 0.438. The van der Waals surface area contributed by atoms with Gasteiger partial charge in [0.15, 0.2) is 0 Å². The molecule has 0 aliphatic heterocycles. The molecule has 0 spiro atoms. The highest BCUT2D eigenvalue weighted by molar-refractivity contribution is 8.76. The van der Waals surface area contributed by atoms with Gasteiger partial charge in [-0.15, -0.1) is 0 Å². The van der Waals surface area contributed by atoms with Crippen molar-refractivity contribution in [3.63, 3.8) is 0 Å². The van der Waals surface area contributed by atoms with Crippen LogP contribution in [0.1, 0.15) is 11.1 Å². The standard InChI is InChI=1S/C16H12N2O2S2/c1-11-7-8-14(18-10-20)16(12(11)2)22-21-15-6-4-3-5-13(15)17-9-19/h3-8H,1-2H3. The highest BCUT2D eigenvalue weighted by Gasteiger charge is 2.11. The smallest absolute Gasteiger partial charge is 0.211 e. The third kappa shape index (κ3) is 3.75. The van der Waals surface area contributed by atoms with Gasteiger partial charge in [-0.3, -0.25) is 0 Å². The molecule has 0 saturated carbocycles. The van der Waals surface area contributed by atoms with Crippen LogP contribution in [0.5, 0.6) is 0 Å². The molecule has 110 valence electrons. The van der Waals surface area contributed by atoms with E-state index in [1.54, 1.807) is 24.3 Å². The molecule has 0 aliphatic rings. The van der Waals surface area contributed by atoms with Crippen LogP contribution in [-0.2, 0) is 9.59 Å². The summed E-state index contributed by atoms with van der Waals surface area (Å²) < 4.78 is 0. The molecule has 2 aromatic carbocycles. The van der Waals surface area contributed by atoms with Gasteiger partial charge in [0.2, 0.25) is 12.2 Å². The number of nitrogens with zero attached hydrogens (tertiary/aromatic N) is 2. The van der Waals surface area contributed by atoms with E-state index in [2.05, 4.69) is 9.98 Å². The molecule has 0 saturated heterocycles. The number of aliphatic imine (C=N–C) groups is 2. The SMILES string of the molecule is Cc1ccc(N=C=O)c(SSc2ccccc2N=C=O)c1C. The topological polar surface area (TPSA) is 58.9 Å². The lowest BCUT2D eigenvalue weighted by molar-refractivity contribution is 0.564. The van der Waals surface area contributed by atoms with Gasteiger partial charge in [0.05, 0.1) is 11.4 Å². The molecule has 2 rings (SSSR count). The normalized spacial score (nSPS) is 9.73. The van der Waals surface area contributed by atoms with Gasteiger partial charge >= 0.3 is 0 Å². The average Bonchev–Trinajstić information content (AvgIpc) is 2.52. The van der Waals surface area contributed by atoms with Crippen LogP contribution in [0.3, 0.4) is 0 Å². The molecule has 6 heteroatoms. The third-order valence-corrected chi connectivity index (χ3v) is 5.65. The molecule has 4 nitrogen and oxygen atoms in total. The summed E-state index contributed by atoms with van der Waals surface area (Å²) in [6.07, 6.45) is 3.14. The summed E-state index contributed by atoms with van der Waals surface area (Å²) >= 11 is 0. The fourth-order valence-corrected chi connectivity index (χ4v) is 4.34. The summed E-state index contributed by atoms with van der Waals surface area (Å²) in [5.74, 6) is 0. The van der Waals surface area contributed by atoms with Crippen molar-refractivity contribution in [1.82, 2.24) is 0 Å². The van der Waals surface area contributed by atoms with Gasteiger partial charge in [-0.05, 0) is 54.0 Å². The first-order valence-corrected chi connectivity index (χ1v) is 8.52. The van der Waals surface area contributed by atoms with E-state index in [-0.39, 0.29) is 0 Å². The van der Waals surface area contributed by atoms with Crippen molar-refractivity contribution < 1.29 is 9.59 Å². The van der Waals surface area contributed by atoms with Crippen molar-refractivity contribution in [1.29, 1.82) is 0 Å². The van der Waals surface area contributed by atoms with E-state index in [0.29, 0.717) is 11.4 Å². The maximum atomic E-state index is 10.6. The van der Waals surface area contributed by atoms with Gasteiger partial charge < -0.3 is 0 Å². The van der Waals surface area contributed by atoms with Gasteiger partial charge in [0.25, 0.3) is 0 Å². The maximum absolute atomic E-state index is 10.6. The molecule has 0 atom stereocenters. The van der Waals surface area contributed by atoms with Crippen molar-refractivity contribution >= 4 is 45.1 Å². The van der Waals surface area contributed by atoms with E-state index in [9.17, 15) is 9.59 Å². The first-order valence-electron chi connectivity index (χ1n) is 6.37. The minimum atomic E-state index is 0.570. The fourth-order valence-electron chi connectivity index (χ4n) is 1.77. The zero-order valence-electron chi connectivity index (χ0n) is 12.0. The molecule has 0 radical (unpaired) electrons. The second-order valence-corrected chi connectivity index (χ2v) is 6.58. The number of hydrogen-bond donors (Lipinski definition) is 0. The van der Waals surface area contributed by atoms with Gasteiger partial charge in [0.1, 0.15) is 0 Å². The summed E-state index contributed by atoms with van der Waals surface area (Å²) in [6, 6.07) is 11.0. The van der Waals surface area contributed by atoms with Gasteiger partial charge in [-0.1, -0.05) is 29.0 Å². The van der Waals surface area contributed by atoms with E-state index in [1.165, 1.54) is 21.6 Å². The molecular formula is C16H12N2O2S2. The zero-order valence-corrected chi connectivity index (χ0v) is 13.6. The molecule has 0 N–H and O–H groups in total. The predicted octanol–water partition coefficient (Wildman–Crippen LogP) is 5.04. The van der Waals surface area contributed by atoms with Gasteiger partial charge in [-0.2, -0.15) is 9.98 Å². The van der Waals surface area contributed by atoms with E-state index in [4.69, 9.17) is 0 Å². The van der Waals surface area contributed by atoms with Crippen LogP contribution in [0.2, 0.25) is 0 Å². The van der Waals surface area contributed by atoms with Gasteiger partial charge in [-0.25, -0.2) is 9.59 Å². The van der Waals surface area contributed by atoms with Crippen LogP contribution in [0.25, 0.3) is 0 Å². The molecule has 22 heavy (non-hydrogen) atoms. The second kappa shape index (κ2) is 7.78. The lowest BCUT2D eigenvalue weighted by atomic mass is 10.1. The minimum absolute atomic E-state index is 0.570. The van der Waals surface area contributed by atoms with Crippen molar-refractivity contribution in [2.24, 2.45) is 9.98 Å². The average molecular weight is 328 g/mol. The van der Waals surface area contributed by atoms with Crippen molar-refractivity contribution in [2.45, 2.75) is 23.6 Å². The molecule has 2 aromatic rings. The van der Waals surface area contributed by atoms with Crippen LogP contribution in [0.15, 0.2) is 56.2 Å². The first-order chi connectivity index (χ1) is 10.7. The van der Waals surface area contributed by atoms with Crippen LogP contribution in [0, 0.1) is 13.8 Å². The molecular weight excluding hydrogens is 316 g/mol. The van der Waals surface area contributed by atoms with Gasteiger partial charge in [0, 0.05) is 9.79 Å². The number of benzene rings is 2. The maximum Gasteiger partial charge on any atom is 0.240 e. The summed E-state index contributed by atoms with van der Waals surface area (Å²) in [5.41, 5.74) is 3.34. The minimum Gasteiger partial charge on any atom is -0.211 e. The Morgan fingerprint density at radius 2 is 1.55 bits per heavy atom. The Hall–Kier alpha value is -2.10. The number of aryl methyl sites for hydroxylation is 1. The molecule has 0 aliphatic carbocycles.